The van der Waals surface area contributed by atoms with Crippen LogP contribution in [0.5, 0.6) is 0 Å². The Kier molecular flexibility index (Phi) is 8.82. The maximum atomic E-state index is 10.5. The van der Waals surface area contributed by atoms with Crippen molar-refractivity contribution >= 4 is 28.3 Å². The highest BCUT2D eigenvalue weighted by Gasteiger charge is 2.50. The molecular formula is C15H27NO10S2. The highest BCUT2D eigenvalue weighted by Crippen LogP contribution is 2.33. The Morgan fingerprint density at radius 3 is 2.04 bits per heavy atom. The number of hydrogen-bond acceptors (Lipinski definition) is 12. The minimum atomic E-state index is -1.70. The molecule has 0 aromatic carbocycles. The monoisotopic (exact) mass is 445 g/mol. The van der Waals surface area contributed by atoms with Gasteiger partial charge in [0.1, 0.15) is 58.6 Å². The summed E-state index contributed by atoms with van der Waals surface area (Å²) in [6, 6.07) is 0. The molecule has 2 saturated heterocycles. The number of aliphatic hydroxyl groups is 7. The molecule has 13 heteroatoms. The molecule has 11 nitrogen and oxygen atoms in total. The summed E-state index contributed by atoms with van der Waals surface area (Å²) in [7, 11) is 3.41. The predicted molar refractivity (Wildman–Crippen MR) is 100 cm³/mol. The van der Waals surface area contributed by atoms with Gasteiger partial charge in [0.2, 0.25) is 0 Å². The van der Waals surface area contributed by atoms with Gasteiger partial charge in [0.15, 0.2) is 6.29 Å². The zero-order chi connectivity index (χ0) is 21.2. The van der Waals surface area contributed by atoms with Gasteiger partial charge in [-0.25, -0.2) is 0 Å². The van der Waals surface area contributed by atoms with Crippen LogP contribution < -0.4 is 0 Å². The topological polar surface area (TPSA) is 173 Å². The molecular weight excluding hydrogens is 418 g/mol. The summed E-state index contributed by atoms with van der Waals surface area (Å²) in [4.78, 5) is 1.62. The quantitative estimate of drug-likeness (QED) is 0.206. The van der Waals surface area contributed by atoms with Crippen LogP contribution in [-0.2, 0) is 14.2 Å². The van der Waals surface area contributed by atoms with E-state index in [1.54, 1.807) is 19.0 Å². The van der Waals surface area contributed by atoms with E-state index in [-0.39, 0.29) is 0 Å². The van der Waals surface area contributed by atoms with Crippen LogP contribution in [-0.4, -0.2) is 133 Å². The highest BCUT2D eigenvalue weighted by molar-refractivity contribution is 8.23. The van der Waals surface area contributed by atoms with Crippen LogP contribution in [0.3, 0.4) is 0 Å². The van der Waals surface area contributed by atoms with Crippen molar-refractivity contribution in [3.05, 3.63) is 0 Å². The minimum Gasteiger partial charge on any atom is -0.394 e. The van der Waals surface area contributed by atoms with Gasteiger partial charge in [0.25, 0.3) is 0 Å². The number of hydrogen-bond donors (Lipinski definition) is 7. The number of thioether (sulfide) groups is 1. The van der Waals surface area contributed by atoms with Crippen LogP contribution >= 0.6 is 24.0 Å². The Hall–Kier alpha value is -0.160. The maximum absolute atomic E-state index is 10.5. The SMILES string of the molecule is CN(C)C(=S)SC1OC(CO)C(OC2OC(CO)C(O)C(O)C2O)C(O)C1O. The number of nitrogens with zero attached hydrogens (tertiary/aromatic N) is 1. The summed E-state index contributed by atoms with van der Waals surface area (Å²) in [5.74, 6) is 0. The van der Waals surface area contributed by atoms with E-state index >= 15 is 0 Å². The van der Waals surface area contributed by atoms with E-state index in [0.717, 1.165) is 11.8 Å². The first-order valence-corrected chi connectivity index (χ1v) is 9.87. The molecule has 2 heterocycles. The lowest BCUT2D eigenvalue weighted by Gasteiger charge is -2.46. The van der Waals surface area contributed by atoms with Crippen LogP contribution in [0.1, 0.15) is 0 Å². The van der Waals surface area contributed by atoms with Crippen LogP contribution in [0.4, 0.5) is 0 Å². The second-order valence-electron chi connectivity index (χ2n) is 6.78. The molecule has 0 radical (unpaired) electrons. The van der Waals surface area contributed by atoms with Gasteiger partial charge in [-0.3, -0.25) is 0 Å². The average molecular weight is 446 g/mol. The summed E-state index contributed by atoms with van der Waals surface area (Å²) in [6.45, 7) is -1.24. The van der Waals surface area contributed by atoms with E-state index in [0.29, 0.717) is 4.32 Å². The minimum absolute atomic E-state index is 0.390. The Morgan fingerprint density at radius 2 is 1.50 bits per heavy atom. The largest absolute Gasteiger partial charge is 0.394 e. The smallest absolute Gasteiger partial charge is 0.187 e. The van der Waals surface area contributed by atoms with Gasteiger partial charge in [-0.15, -0.1) is 0 Å². The zero-order valence-corrected chi connectivity index (χ0v) is 16.9. The summed E-state index contributed by atoms with van der Waals surface area (Å²) in [5, 5.41) is 69.5. The van der Waals surface area contributed by atoms with Crippen LogP contribution in [0.2, 0.25) is 0 Å². The highest BCUT2D eigenvalue weighted by atomic mass is 32.2. The van der Waals surface area contributed by atoms with Gasteiger partial charge >= 0.3 is 0 Å². The van der Waals surface area contributed by atoms with E-state index < -0.39 is 73.8 Å². The Bertz CT molecular complexity index is 525. The summed E-state index contributed by atoms with van der Waals surface area (Å²) < 4.78 is 16.7. The molecule has 164 valence electrons. The number of aliphatic hydroxyl groups excluding tert-OH is 7. The first-order valence-electron chi connectivity index (χ1n) is 8.58. The molecule has 2 rings (SSSR count). The molecule has 0 bridgehead atoms. The summed E-state index contributed by atoms with van der Waals surface area (Å²) in [6.07, 6.45) is -13.1. The molecule has 0 aliphatic carbocycles. The molecule has 2 aliphatic rings. The van der Waals surface area contributed by atoms with Crippen molar-refractivity contribution in [2.75, 3.05) is 27.3 Å². The third kappa shape index (κ3) is 5.11. The van der Waals surface area contributed by atoms with Crippen molar-refractivity contribution in [2.24, 2.45) is 0 Å². The molecule has 0 spiro atoms. The van der Waals surface area contributed by atoms with Gasteiger partial charge in [-0.2, -0.15) is 0 Å². The third-order valence-corrected chi connectivity index (χ3v) is 6.39. The molecule has 2 aliphatic heterocycles. The van der Waals surface area contributed by atoms with Gasteiger partial charge in [0, 0.05) is 14.1 Å². The van der Waals surface area contributed by atoms with Crippen molar-refractivity contribution in [3.8, 4) is 0 Å². The lowest BCUT2D eigenvalue weighted by Crippen LogP contribution is -2.64. The fraction of sp³-hybridized carbons (Fsp3) is 0.933. The Labute approximate surface area is 171 Å². The summed E-state index contributed by atoms with van der Waals surface area (Å²) in [5.41, 5.74) is -0.975. The van der Waals surface area contributed by atoms with E-state index in [4.69, 9.17) is 26.4 Å². The second-order valence-corrected chi connectivity index (χ2v) is 8.51. The predicted octanol–water partition coefficient (Wildman–Crippen LogP) is -3.81. The van der Waals surface area contributed by atoms with Crippen molar-refractivity contribution in [1.82, 2.24) is 4.90 Å². The molecule has 28 heavy (non-hydrogen) atoms. The third-order valence-electron chi connectivity index (χ3n) is 4.54. The average Bonchev–Trinajstić information content (AvgIpc) is 2.67. The van der Waals surface area contributed by atoms with Crippen molar-refractivity contribution < 1.29 is 50.0 Å². The van der Waals surface area contributed by atoms with E-state index in [1.807, 2.05) is 0 Å². The molecule has 10 unspecified atom stereocenters. The lowest BCUT2D eigenvalue weighted by atomic mass is 9.97. The fourth-order valence-corrected chi connectivity index (χ4v) is 4.05. The van der Waals surface area contributed by atoms with Gasteiger partial charge in [-0.1, -0.05) is 24.0 Å². The summed E-state index contributed by atoms with van der Waals surface area (Å²) >= 11 is 6.13. The fourth-order valence-electron chi connectivity index (χ4n) is 2.86. The normalized spacial score (nSPS) is 44.3. The first-order chi connectivity index (χ1) is 13.1. The van der Waals surface area contributed by atoms with Crippen molar-refractivity contribution in [3.63, 3.8) is 0 Å². The van der Waals surface area contributed by atoms with Crippen molar-refractivity contribution in [1.29, 1.82) is 0 Å². The van der Waals surface area contributed by atoms with E-state index in [9.17, 15) is 35.7 Å². The van der Waals surface area contributed by atoms with E-state index in [2.05, 4.69) is 0 Å². The van der Waals surface area contributed by atoms with Crippen LogP contribution in [0.25, 0.3) is 0 Å². The molecule has 0 aromatic heterocycles. The number of ether oxygens (including phenoxy) is 3. The van der Waals surface area contributed by atoms with Gasteiger partial charge < -0.3 is 54.9 Å². The van der Waals surface area contributed by atoms with Crippen LogP contribution in [0, 0.1) is 0 Å². The standard InChI is InChI=1S/C15H27NO10S2/c1-16(2)15(27)28-14-11(23)9(21)12(6(4-18)25-14)26-13-10(22)8(20)7(19)5(3-17)24-13/h5-14,17-23H,3-4H2,1-2H3. The molecule has 0 amide bonds. The number of rotatable bonds is 5. The molecule has 2 fully saturated rings. The van der Waals surface area contributed by atoms with Crippen molar-refractivity contribution in [2.45, 2.75) is 60.6 Å². The lowest BCUT2D eigenvalue weighted by molar-refractivity contribution is -0.338. The number of thiocarbonyl (C=S) groups is 1. The molecule has 0 aromatic rings. The van der Waals surface area contributed by atoms with E-state index in [1.165, 1.54) is 0 Å². The molecule has 0 saturated carbocycles. The Balaban J connectivity index is 2.11. The molecule has 10 atom stereocenters. The second kappa shape index (κ2) is 10.2. The van der Waals surface area contributed by atoms with Gasteiger partial charge in [0.05, 0.1) is 13.2 Å². The maximum Gasteiger partial charge on any atom is 0.187 e. The first kappa shape index (κ1) is 24.1. The zero-order valence-electron chi connectivity index (χ0n) is 15.3. The Morgan fingerprint density at radius 1 is 0.893 bits per heavy atom. The molecule has 7 N–H and O–H groups in total. The van der Waals surface area contributed by atoms with Crippen LogP contribution in [0.15, 0.2) is 0 Å². The van der Waals surface area contributed by atoms with Gasteiger partial charge in [-0.05, 0) is 0 Å².